The van der Waals surface area contributed by atoms with Gasteiger partial charge in [0.25, 0.3) is 0 Å². The quantitative estimate of drug-likeness (QED) is 0.947. The summed E-state index contributed by atoms with van der Waals surface area (Å²) in [5, 5.41) is 1.07. The molecule has 0 aromatic carbocycles. The Morgan fingerprint density at radius 3 is 2.71 bits per heavy atom. The van der Waals surface area contributed by atoms with E-state index in [1.165, 1.54) is 0 Å². The van der Waals surface area contributed by atoms with Gasteiger partial charge in [-0.1, -0.05) is 0 Å². The molecule has 0 amide bonds. The third-order valence-corrected chi connectivity index (χ3v) is 4.17. The summed E-state index contributed by atoms with van der Waals surface area (Å²) < 4.78 is 0.986. The number of hydrogen-bond donors (Lipinski definition) is 1. The van der Waals surface area contributed by atoms with Crippen LogP contribution in [-0.2, 0) is 6.42 Å². The van der Waals surface area contributed by atoms with Crippen LogP contribution in [-0.4, -0.2) is 9.97 Å². The average molecular weight is 312 g/mol. The summed E-state index contributed by atoms with van der Waals surface area (Å²) in [6.45, 7) is 4.01. The molecule has 17 heavy (non-hydrogen) atoms. The Morgan fingerprint density at radius 1 is 1.41 bits per heavy atom. The Balaban J connectivity index is 2.14. The molecule has 3 nitrogen and oxygen atoms in total. The first-order chi connectivity index (χ1) is 8.06. The van der Waals surface area contributed by atoms with Crippen LogP contribution >= 0.6 is 27.3 Å². The van der Waals surface area contributed by atoms with Crippen LogP contribution in [0.4, 0.5) is 0 Å². The zero-order chi connectivity index (χ0) is 12.4. The van der Waals surface area contributed by atoms with E-state index in [0.717, 1.165) is 32.2 Å². The summed E-state index contributed by atoms with van der Waals surface area (Å²) >= 11 is 5.04. The maximum absolute atomic E-state index is 6.20. The number of pyridine rings is 1. The van der Waals surface area contributed by atoms with Gasteiger partial charge in [0.2, 0.25) is 0 Å². The van der Waals surface area contributed by atoms with Crippen LogP contribution in [0.25, 0.3) is 0 Å². The Morgan fingerprint density at radius 2 is 2.18 bits per heavy atom. The second-order valence-corrected chi connectivity index (χ2v) is 6.11. The predicted molar refractivity (Wildman–Crippen MR) is 74.2 cm³/mol. The highest BCUT2D eigenvalue weighted by molar-refractivity contribution is 9.10. The molecule has 5 heteroatoms. The first-order valence-corrected chi connectivity index (χ1v) is 6.97. The number of halogens is 1. The van der Waals surface area contributed by atoms with E-state index in [1.807, 2.05) is 26.0 Å². The molecule has 1 atom stereocenters. The Hall–Kier alpha value is -0.780. The fourth-order valence-corrected chi connectivity index (χ4v) is 2.90. The van der Waals surface area contributed by atoms with E-state index in [9.17, 15) is 0 Å². The topological polar surface area (TPSA) is 51.8 Å². The predicted octanol–water partition coefficient (Wildman–Crippen LogP) is 3.16. The van der Waals surface area contributed by atoms with Gasteiger partial charge in [-0.05, 0) is 41.9 Å². The van der Waals surface area contributed by atoms with Gasteiger partial charge in [-0.2, -0.15) is 0 Å². The molecule has 2 heterocycles. The molecule has 0 aliphatic rings. The van der Waals surface area contributed by atoms with Crippen LogP contribution in [0, 0.1) is 13.8 Å². The fraction of sp³-hybridized carbons (Fsp3) is 0.333. The molecule has 0 bridgehead atoms. The maximum Gasteiger partial charge on any atom is 0.0900 e. The second kappa shape index (κ2) is 5.25. The number of aromatic nitrogens is 2. The van der Waals surface area contributed by atoms with Gasteiger partial charge in [-0.25, -0.2) is 4.98 Å². The number of thiazole rings is 1. The Bertz CT molecular complexity index is 507. The summed E-state index contributed by atoms with van der Waals surface area (Å²) in [6, 6.07) is 3.96. The van der Waals surface area contributed by atoms with Crippen molar-refractivity contribution in [3.05, 3.63) is 44.1 Å². The lowest BCUT2D eigenvalue weighted by Gasteiger charge is -2.09. The van der Waals surface area contributed by atoms with E-state index in [2.05, 4.69) is 25.9 Å². The van der Waals surface area contributed by atoms with Gasteiger partial charge < -0.3 is 5.73 Å². The molecule has 2 rings (SSSR count). The maximum atomic E-state index is 6.20. The molecular formula is C12H14BrN3S. The van der Waals surface area contributed by atoms with E-state index < -0.39 is 0 Å². The van der Waals surface area contributed by atoms with Gasteiger partial charge in [-0.3, -0.25) is 4.98 Å². The van der Waals surface area contributed by atoms with Crippen molar-refractivity contribution < 1.29 is 0 Å². The molecule has 0 saturated heterocycles. The van der Waals surface area contributed by atoms with Crippen molar-refractivity contribution in [3.63, 3.8) is 0 Å². The van der Waals surface area contributed by atoms with Crippen LogP contribution < -0.4 is 5.73 Å². The van der Waals surface area contributed by atoms with Crippen LogP contribution in [0.5, 0.6) is 0 Å². The Labute approximate surface area is 113 Å². The molecular weight excluding hydrogens is 298 g/mol. The summed E-state index contributed by atoms with van der Waals surface area (Å²) in [5.74, 6) is 0. The van der Waals surface area contributed by atoms with Gasteiger partial charge in [-0.15, -0.1) is 11.3 Å². The van der Waals surface area contributed by atoms with Gasteiger partial charge in [0.15, 0.2) is 0 Å². The zero-order valence-electron chi connectivity index (χ0n) is 9.77. The molecule has 0 radical (unpaired) electrons. The standard InChI is InChI=1S/C12H14BrN3S/c1-7-12(17-8(2)16-7)11(14)5-10-4-3-9(13)6-15-10/h3-4,6,11H,5,14H2,1-2H3. The van der Waals surface area contributed by atoms with E-state index in [0.29, 0.717) is 0 Å². The fourth-order valence-electron chi connectivity index (χ4n) is 1.74. The van der Waals surface area contributed by atoms with Gasteiger partial charge >= 0.3 is 0 Å². The second-order valence-electron chi connectivity index (χ2n) is 3.96. The normalized spacial score (nSPS) is 12.7. The highest BCUT2D eigenvalue weighted by Crippen LogP contribution is 2.25. The van der Waals surface area contributed by atoms with Gasteiger partial charge in [0.05, 0.1) is 10.7 Å². The van der Waals surface area contributed by atoms with Gasteiger partial charge in [0, 0.05) is 33.7 Å². The molecule has 0 aliphatic heterocycles. The van der Waals surface area contributed by atoms with E-state index in [4.69, 9.17) is 5.73 Å². The molecule has 0 spiro atoms. The van der Waals surface area contributed by atoms with Crippen molar-refractivity contribution in [2.24, 2.45) is 5.73 Å². The Kier molecular flexibility index (Phi) is 3.91. The number of nitrogens with two attached hydrogens (primary N) is 1. The minimum Gasteiger partial charge on any atom is -0.323 e. The number of hydrogen-bond acceptors (Lipinski definition) is 4. The molecule has 2 aromatic rings. The summed E-state index contributed by atoms with van der Waals surface area (Å²) in [5.41, 5.74) is 8.24. The van der Waals surface area contributed by atoms with E-state index >= 15 is 0 Å². The first-order valence-electron chi connectivity index (χ1n) is 5.36. The van der Waals surface area contributed by atoms with Crippen LogP contribution in [0.15, 0.2) is 22.8 Å². The van der Waals surface area contributed by atoms with E-state index in [-0.39, 0.29) is 6.04 Å². The van der Waals surface area contributed by atoms with Crippen LogP contribution in [0.1, 0.15) is 27.3 Å². The lowest BCUT2D eigenvalue weighted by Crippen LogP contribution is -2.13. The first kappa shape index (κ1) is 12.7. The van der Waals surface area contributed by atoms with Crippen LogP contribution in [0.2, 0.25) is 0 Å². The number of nitrogens with zero attached hydrogens (tertiary/aromatic N) is 2. The van der Waals surface area contributed by atoms with Crippen molar-refractivity contribution in [2.45, 2.75) is 26.3 Å². The van der Waals surface area contributed by atoms with E-state index in [1.54, 1.807) is 17.5 Å². The lowest BCUT2D eigenvalue weighted by molar-refractivity contribution is 0.712. The third kappa shape index (κ3) is 3.12. The zero-order valence-corrected chi connectivity index (χ0v) is 12.2. The smallest absolute Gasteiger partial charge is 0.0900 e. The minimum atomic E-state index is -0.0186. The van der Waals surface area contributed by atoms with Crippen LogP contribution in [0.3, 0.4) is 0 Å². The third-order valence-electron chi connectivity index (χ3n) is 2.49. The minimum absolute atomic E-state index is 0.0186. The molecule has 2 aromatic heterocycles. The molecule has 0 saturated carbocycles. The van der Waals surface area contributed by atoms with Crippen molar-refractivity contribution in [1.82, 2.24) is 9.97 Å². The highest BCUT2D eigenvalue weighted by atomic mass is 79.9. The number of rotatable bonds is 3. The molecule has 90 valence electrons. The van der Waals surface area contributed by atoms with Crippen molar-refractivity contribution in [3.8, 4) is 0 Å². The van der Waals surface area contributed by atoms with Crippen molar-refractivity contribution in [2.75, 3.05) is 0 Å². The molecule has 1 unspecified atom stereocenters. The number of aryl methyl sites for hydroxylation is 2. The molecule has 2 N–H and O–H groups in total. The average Bonchev–Trinajstić information content (AvgIpc) is 2.61. The molecule has 0 aliphatic carbocycles. The highest BCUT2D eigenvalue weighted by Gasteiger charge is 2.14. The van der Waals surface area contributed by atoms with Gasteiger partial charge in [0.1, 0.15) is 0 Å². The SMILES string of the molecule is Cc1nc(C)c(C(N)Cc2ccc(Br)cn2)s1. The summed E-state index contributed by atoms with van der Waals surface area (Å²) in [6.07, 6.45) is 2.54. The summed E-state index contributed by atoms with van der Waals surface area (Å²) in [7, 11) is 0. The van der Waals surface area contributed by atoms with Crippen molar-refractivity contribution in [1.29, 1.82) is 0 Å². The largest absolute Gasteiger partial charge is 0.323 e. The molecule has 0 fully saturated rings. The lowest BCUT2D eigenvalue weighted by atomic mass is 10.1. The summed E-state index contributed by atoms with van der Waals surface area (Å²) in [4.78, 5) is 9.90. The van der Waals surface area contributed by atoms with Crippen molar-refractivity contribution >= 4 is 27.3 Å². The monoisotopic (exact) mass is 311 g/mol.